The lowest BCUT2D eigenvalue weighted by molar-refractivity contribution is -0.145. The van der Waals surface area contributed by atoms with Crippen LogP contribution in [0.4, 0.5) is 0 Å². The zero-order valence-corrected chi connectivity index (χ0v) is 16.4. The number of methoxy groups -OCH3 is 1. The Hall–Kier alpha value is -2.67. The highest BCUT2D eigenvalue weighted by atomic mass is 32.2. The molecule has 0 aliphatic rings. The molecule has 0 heterocycles. The van der Waals surface area contributed by atoms with Gasteiger partial charge in [-0.1, -0.05) is 37.3 Å². The smallest absolute Gasteiger partial charge is 0.310 e. The number of ether oxygens (including phenoxy) is 1. The highest BCUT2D eigenvalue weighted by Gasteiger charge is 2.23. The van der Waals surface area contributed by atoms with Crippen LogP contribution in [0.3, 0.4) is 0 Å². The second-order valence-electron chi connectivity index (χ2n) is 6.39. The van der Waals surface area contributed by atoms with E-state index in [1.54, 1.807) is 11.8 Å². The van der Waals surface area contributed by atoms with Gasteiger partial charge in [-0.15, -0.1) is 0 Å². The van der Waals surface area contributed by atoms with E-state index in [0.29, 0.717) is 12.1 Å². The van der Waals surface area contributed by atoms with Crippen molar-refractivity contribution < 1.29 is 22.7 Å². The molecule has 6 nitrogen and oxygen atoms in total. The fourth-order valence-electron chi connectivity index (χ4n) is 2.66. The average Bonchev–Trinajstić information content (AvgIpc) is 2.66. The molecule has 2 aromatic carbocycles. The van der Waals surface area contributed by atoms with Crippen molar-refractivity contribution in [3.05, 3.63) is 65.7 Å². The molecule has 1 atom stereocenters. The SMILES string of the molecule is COC(=O)C(C)CN(Cc1ccccc1)C(=O)c1ccc(S(C)(=O)=O)cc1. The van der Waals surface area contributed by atoms with Crippen LogP contribution in [0.2, 0.25) is 0 Å². The fraction of sp³-hybridized carbons (Fsp3) is 0.300. The molecule has 0 spiro atoms. The minimum Gasteiger partial charge on any atom is -0.469 e. The largest absolute Gasteiger partial charge is 0.469 e. The predicted molar refractivity (Wildman–Crippen MR) is 102 cm³/mol. The molecule has 0 radical (unpaired) electrons. The third-order valence-electron chi connectivity index (χ3n) is 4.13. The summed E-state index contributed by atoms with van der Waals surface area (Å²) in [6.07, 6.45) is 1.11. The Kier molecular flexibility index (Phi) is 6.74. The maximum absolute atomic E-state index is 13.0. The van der Waals surface area contributed by atoms with Crippen molar-refractivity contribution in [1.82, 2.24) is 4.90 Å². The Morgan fingerprint density at radius 1 is 1.04 bits per heavy atom. The Morgan fingerprint density at radius 3 is 2.15 bits per heavy atom. The van der Waals surface area contributed by atoms with E-state index in [1.807, 2.05) is 30.3 Å². The van der Waals surface area contributed by atoms with E-state index in [0.717, 1.165) is 11.8 Å². The summed E-state index contributed by atoms with van der Waals surface area (Å²) in [5.74, 6) is -1.17. The zero-order chi connectivity index (χ0) is 20.0. The van der Waals surface area contributed by atoms with Crippen LogP contribution in [0.15, 0.2) is 59.5 Å². The van der Waals surface area contributed by atoms with Gasteiger partial charge in [-0.25, -0.2) is 8.42 Å². The summed E-state index contributed by atoms with van der Waals surface area (Å²) in [5, 5.41) is 0. The van der Waals surface area contributed by atoms with Crippen LogP contribution in [0.5, 0.6) is 0 Å². The summed E-state index contributed by atoms with van der Waals surface area (Å²) in [6, 6.07) is 15.2. The normalized spacial score (nSPS) is 12.3. The molecule has 1 unspecified atom stereocenters. The maximum atomic E-state index is 13.0. The van der Waals surface area contributed by atoms with Crippen LogP contribution in [0, 0.1) is 5.92 Å². The second-order valence-corrected chi connectivity index (χ2v) is 8.41. The number of carbonyl (C=O) groups is 2. The lowest BCUT2D eigenvalue weighted by Gasteiger charge is -2.25. The van der Waals surface area contributed by atoms with Crippen LogP contribution in [0.25, 0.3) is 0 Å². The summed E-state index contributed by atoms with van der Waals surface area (Å²) >= 11 is 0. The standard InChI is InChI=1S/C20H23NO5S/c1-15(20(23)26-2)13-21(14-16-7-5-4-6-8-16)19(22)17-9-11-18(12-10-17)27(3,24)25/h4-12,15H,13-14H2,1-3H3. The lowest BCUT2D eigenvalue weighted by atomic mass is 10.1. The van der Waals surface area contributed by atoms with Crippen LogP contribution in [-0.2, 0) is 25.9 Å². The molecule has 1 amide bonds. The lowest BCUT2D eigenvalue weighted by Crippen LogP contribution is -2.36. The number of hydrogen-bond donors (Lipinski definition) is 0. The van der Waals surface area contributed by atoms with Crippen LogP contribution in [-0.4, -0.2) is 45.1 Å². The van der Waals surface area contributed by atoms with Gasteiger partial charge < -0.3 is 9.64 Å². The number of rotatable bonds is 7. The van der Waals surface area contributed by atoms with Crippen molar-refractivity contribution in [3.8, 4) is 0 Å². The van der Waals surface area contributed by atoms with Gasteiger partial charge in [0, 0.05) is 24.9 Å². The van der Waals surface area contributed by atoms with Crippen molar-refractivity contribution in [2.45, 2.75) is 18.4 Å². The van der Waals surface area contributed by atoms with Crippen LogP contribution >= 0.6 is 0 Å². The number of nitrogens with zero attached hydrogens (tertiary/aromatic N) is 1. The first kappa shape index (κ1) is 20.6. The third-order valence-corrected chi connectivity index (χ3v) is 5.26. The van der Waals surface area contributed by atoms with E-state index in [1.165, 1.54) is 31.4 Å². The van der Waals surface area contributed by atoms with Gasteiger partial charge in [0.05, 0.1) is 17.9 Å². The van der Waals surface area contributed by atoms with Gasteiger partial charge in [0.25, 0.3) is 5.91 Å². The molecule has 27 heavy (non-hydrogen) atoms. The Balaban J connectivity index is 2.27. The molecule has 0 saturated heterocycles. The summed E-state index contributed by atoms with van der Waals surface area (Å²) in [6.45, 7) is 2.22. The highest BCUT2D eigenvalue weighted by molar-refractivity contribution is 7.90. The van der Waals surface area contributed by atoms with E-state index in [-0.39, 0.29) is 17.3 Å². The van der Waals surface area contributed by atoms with E-state index >= 15 is 0 Å². The molecular weight excluding hydrogens is 366 g/mol. The molecule has 0 saturated carbocycles. The van der Waals surface area contributed by atoms with Gasteiger partial charge in [0.15, 0.2) is 9.84 Å². The van der Waals surface area contributed by atoms with Gasteiger partial charge in [-0.05, 0) is 29.8 Å². The molecule has 0 fully saturated rings. The van der Waals surface area contributed by atoms with Gasteiger partial charge in [0.1, 0.15) is 0 Å². The Morgan fingerprint density at radius 2 is 1.63 bits per heavy atom. The van der Waals surface area contributed by atoms with Gasteiger partial charge in [-0.2, -0.15) is 0 Å². The van der Waals surface area contributed by atoms with Gasteiger partial charge in [0.2, 0.25) is 0 Å². The monoisotopic (exact) mass is 389 g/mol. The summed E-state index contributed by atoms with van der Waals surface area (Å²) < 4.78 is 27.9. The minimum absolute atomic E-state index is 0.150. The second kappa shape index (κ2) is 8.81. The molecule has 7 heteroatoms. The first-order valence-corrected chi connectivity index (χ1v) is 10.3. The van der Waals surface area contributed by atoms with Crippen molar-refractivity contribution >= 4 is 21.7 Å². The van der Waals surface area contributed by atoms with Gasteiger partial charge in [-0.3, -0.25) is 9.59 Å². The molecular formula is C20H23NO5S. The average molecular weight is 389 g/mol. The summed E-state index contributed by atoms with van der Waals surface area (Å²) in [7, 11) is -2.02. The summed E-state index contributed by atoms with van der Waals surface area (Å²) in [4.78, 5) is 26.5. The van der Waals surface area contributed by atoms with Crippen molar-refractivity contribution in [2.75, 3.05) is 19.9 Å². The number of amides is 1. The minimum atomic E-state index is -3.33. The molecule has 2 rings (SSSR count). The molecule has 0 aliphatic carbocycles. The van der Waals surface area contributed by atoms with Crippen molar-refractivity contribution in [1.29, 1.82) is 0 Å². The van der Waals surface area contributed by atoms with E-state index < -0.39 is 21.7 Å². The number of sulfone groups is 1. The Bertz CT molecular complexity index is 892. The van der Waals surface area contributed by atoms with E-state index in [2.05, 4.69) is 0 Å². The first-order valence-electron chi connectivity index (χ1n) is 8.43. The van der Waals surface area contributed by atoms with Gasteiger partial charge >= 0.3 is 5.97 Å². The highest BCUT2D eigenvalue weighted by Crippen LogP contribution is 2.16. The predicted octanol–water partition coefficient (Wildman–Crippen LogP) is 2.54. The topological polar surface area (TPSA) is 80.8 Å². The molecule has 0 bridgehead atoms. The molecule has 144 valence electrons. The fourth-order valence-corrected chi connectivity index (χ4v) is 3.29. The van der Waals surface area contributed by atoms with Crippen molar-refractivity contribution in [3.63, 3.8) is 0 Å². The quantitative estimate of drug-likeness (QED) is 0.680. The third kappa shape index (κ3) is 5.65. The number of benzene rings is 2. The number of carbonyl (C=O) groups excluding carboxylic acids is 2. The number of hydrogen-bond acceptors (Lipinski definition) is 5. The van der Waals surface area contributed by atoms with E-state index in [9.17, 15) is 18.0 Å². The molecule has 2 aromatic rings. The zero-order valence-electron chi connectivity index (χ0n) is 15.6. The Labute approximate surface area is 159 Å². The summed E-state index contributed by atoms with van der Waals surface area (Å²) in [5.41, 5.74) is 1.28. The van der Waals surface area contributed by atoms with E-state index in [4.69, 9.17) is 4.74 Å². The van der Waals surface area contributed by atoms with Crippen molar-refractivity contribution in [2.24, 2.45) is 5.92 Å². The van der Waals surface area contributed by atoms with Crippen LogP contribution < -0.4 is 0 Å². The maximum Gasteiger partial charge on any atom is 0.310 e. The molecule has 0 N–H and O–H groups in total. The molecule has 0 aromatic heterocycles. The number of esters is 1. The first-order chi connectivity index (χ1) is 12.7. The molecule has 0 aliphatic heterocycles. The van der Waals surface area contributed by atoms with Crippen LogP contribution in [0.1, 0.15) is 22.8 Å².